The molecule has 1 unspecified atom stereocenters. The van der Waals surface area contributed by atoms with Gasteiger partial charge in [-0.2, -0.15) is 0 Å². The molecule has 2 aromatic rings. The number of benzene rings is 2. The molecule has 0 aliphatic carbocycles. The van der Waals surface area contributed by atoms with Gasteiger partial charge < -0.3 is 4.90 Å². The SMILES string of the molecule is CN1C(=O)Cc2cc(C(Cl)c3ccc(F)cc3)ccc21. The zero-order valence-corrected chi connectivity index (χ0v) is 11.7. The molecule has 4 heteroatoms. The van der Waals surface area contributed by atoms with E-state index in [0.717, 1.165) is 22.4 Å². The van der Waals surface area contributed by atoms with Gasteiger partial charge in [0.1, 0.15) is 5.82 Å². The van der Waals surface area contributed by atoms with Crippen LogP contribution in [0, 0.1) is 5.82 Å². The minimum Gasteiger partial charge on any atom is -0.315 e. The van der Waals surface area contributed by atoms with E-state index in [0.29, 0.717) is 6.42 Å². The number of anilines is 1. The Bertz CT molecular complexity index is 669. The molecule has 20 heavy (non-hydrogen) atoms. The monoisotopic (exact) mass is 289 g/mol. The summed E-state index contributed by atoms with van der Waals surface area (Å²) in [5, 5.41) is -0.345. The lowest BCUT2D eigenvalue weighted by atomic mass is 10.0. The summed E-state index contributed by atoms with van der Waals surface area (Å²) in [4.78, 5) is 13.3. The van der Waals surface area contributed by atoms with Gasteiger partial charge in [0.25, 0.3) is 0 Å². The van der Waals surface area contributed by atoms with E-state index >= 15 is 0 Å². The molecule has 1 aliphatic heterocycles. The molecule has 0 aromatic heterocycles. The second-order valence-electron chi connectivity index (χ2n) is 4.93. The predicted octanol–water partition coefficient (Wildman–Crippen LogP) is 3.67. The number of nitrogens with zero attached hydrogens (tertiary/aromatic N) is 1. The summed E-state index contributed by atoms with van der Waals surface area (Å²) in [6, 6.07) is 11.9. The summed E-state index contributed by atoms with van der Waals surface area (Å²) < 4.78 is 12.9. The summed E-state index contributed by atoms with van der Waals surface area (Å²) in [7, 11) is 1.77. The summed E-state index contributed by atoms with van der Waals surface area (Å²) in [6.45, 7) is 0. The fourth-order valence-electron chi connectivity index (χ4n) is 2.47. The zero-order valence-electron chi connectivity index (χ0n) is 10.9. The predicted molar refractivity (Wildman–Crippen MR) is 77.7 cm³/mol. The maximum atomic E-state index is 12.9. The van der Waals surface area contributed by atoms with Crippen LogP contribution in [0.2, 0.25) is 0 Å². The lowest BCUT2D eigenvalue weighted by Gasteiger charge is -2.14. The van der Waals surface area contributed by atoms with Crippen LogP contribution in [0.15, 0.2) is 42.5 Å². The Kier molecular flexibility index (Phi) is 3.22. The number of carbonyl (C=O) groups is 1. The first kappa shape index (κ1) is 13.1. The first-order chi connectivity index (χ1) is 9.56. The zero-order chi connectivity index (χ0) is 14.3. The van der Waals surface area contributed by atoms with Gasteiger partial charge in [-0.1, -0.05) is 24.3 Å². The normalized spacial score (nSPS) is 15.3. The van der Waals surface area contributed by atoms with E-state index < -0.39 is 0 Å². The van der Waals surface area contributed by atoms with Crippen LogP contribution in [0.3, 0.4) is 0 Å². The molecule has 102 valence electrons. The number of alkyl halides is 1. The fraction of sp³-hybridized carbons (Fsp3) is 0.188. The van der Waals surface area contributed by atoms with Gasteiger partial charge in [0.15, 0.2) is 0 Å². The lowest BCUT2D eigenvalue weighted by molar-refractivity contribution is -0.117. The largest absolute Gasteiger partial charge is 0.315 e. The van der Waals surface area contributed by atoms with Crippen molar-refractivity contribution >= 4 is 23.2 Å². The number of amides is 1. The highest BCUT2D eigenvalue weighted by molar-refractivity contribution is 6.22. The van der Waals surface area contributed by atoms with E-state index in [2.05, 4.69) is 0 Å². The summed E-state index contributed by atoms with van der Waals surface area (Å²) >= 11 is 6.44. The molecule has 2 aromatic carbocycles. The molecule has 3 rings (SSSR count). The fourth-order valence-corrected chi connectivity index (χ4v) is 2.75. The highest BCUT2D eigenvalue weighted by atomic mass is 35.5. The lowest BCUT2D eigenvalue weighted by Crippen LogP contribution is -2.20. The Balaban J connectivity index is 1.94. The molecule has 0 radical (unpaired) electrons. The molecular formula is C16H13ClFNO. The number of fused-ring (bicyclic) bond motifs is 1. The molecule has 0 saturated carbocycles. The van der Waals surface area contributed by atoms with E-state index in [-0.39, 0.29) is 17.1 Å². The van der Waals surface area contributed by atoms with Gasteiger partial charge in [-0.15, -0.1) is 11.6 Å². The second-order valence-corrected chi connectivity index (χ2v) is 5.37. The minimum absolute atomic E-state index is 0.0880. The Morgan fingerprint density at radius 1 is 1.15 bits per heavy atom. The molecule has 0 spiro atoms. The molecule has 0 saturated heterocycles. The molecule has 1 heterocycles. The van der Waals surface area contributed by atoms with Crippen molar-refractivity contribution in [2.24, 2.45) is 0 Å². The highest BCUT2D eigenvalue weighted by Crippen LogP contribution is 2.34. The molecule has 0 N–H and O–H groups in total. The Labute approximate surface area is 121 Å². The topological polar surface area (TPSA) is 20.3 Å². The van der Waals surface area contributed by atoms with Crippen LogP contribution in [0.5, 0.6) is 0 Å². The van der Waals surface area contributed by atoms with Crippen LogP contribution in [0.1, 0.15) is 22.1 Å². The van der Waals surface area contributed by atoms with E-state index in [9.17, 15) is 9.18 Å². The van der Waals surface area contributed by atoms with E-state index in [1.54, 1.807) is 24.1 Å². The van der Waals surface area contributed by atoms with Crippen LogP contribution >= 0.6 is 11.6 Å². The number of hydrogen-bond acceptors (Lipinski definition) is 1. The number of rotatable bonds is 2. The quantitative estimate of drug-likeness (QED) is 0.773. The molecule has 0 bridgehead atoms. The minimum atomic E-state index is -0.345. The van der Waals surface area contributed by atoms with E-state index in [4.69, 9.17) is 11.6 Å². The van der Waals surface area contributed by atoms with Crippen molar-refractivity contribution in [2.45, 2.75) is 11.8 Å². The van der Waals surface area contributed by atoms with E-state index in [1.165, 1.54) is 12.1 Å². The van der Waals surface area contributed by atoms with Crippen molar-refractivity contribution in [1.29, 1.82) is 0 Å². The number of halogens is 2. The van der Waals surface area contributed by atoms with Crippen molar-refractivity contribution in [3.05, 3.63) is 65.0 Å². The summed E-state index contributed by atoms with van der Waals surface area (Å²) in [6.07, 6.45) is 0.409. The van der Waals surface area contributed by atoms with Crippen LogP contribution in [0.25, 0.3) is 0 Å². The number of hydrogen-bond donors (Lipinski definition) is 0. The van der Waals surface area contributed by atoms with Gasteiger partial charge in [-0.25, -0.2) is 4.39 Å². The smallest absolute Gasteiger partial charge is 0.231 e. The molecule has 0 fully saturated rings. The second kappa shape index (κ2) is 4.91. The Hall–Kier alpha value is -1.87. The Morgan fingerprint density at radius 2 is 1.80 bits per heavy atom. The van der Waals surface area contributed by atoms with Gasteiger partial charge in [-0.05, 0) is 34.9 Å². The van der Waals surface area contributed by atoms with Crippen molar-refractivity contribution < 1.29 is 9.18 Å². The third-order valence-corrected chi connectivity index (χ3v) is 4.14. The van der Waals surface area contributed by atoms with E-state index in [1.807, 2.05) is 18.2 Å². The van der Waals surface area contributed by atoms with Gasteiger partial charge in [0.05, 0.1) is 11.8 Å². The van der Waals surface area contributed by atoms with Crippen LogP contribution in [-0.4, -0.2) is 13.0 Å². The van der Waals surface area contributed by atoms with Crippen LogP contribution < -0.4 is 4.90 Å². The molecular weight excluding hydrogens is 277 g/mol. The molecule has 1 atom stereocenters. The van der Waals surface area contributed by atoms with Crippen molar-refractivity contribution in [1.82, 2.24) is 0 Å². The molecule has 2 nitrogen and oxygen atoms in total. The Morgan fingerprint density at radius 3 is 2.50 bits per heavy atom. The number of likely N-dealkylation sites (N-methyl/N-ethyl adjacent to an activating group) is 1. The van der Waals surface area contributed by atoms with Gasteiger partial charge in [-0.3, -0.25) is 4.79 Å². The van der Waals surface area contributed by atoms with Crippen molar-refractivity contribution in [2.75, 3.05) is 11.9 Å². The van der Waals surface area contributed by atoms with Crippen LogP contribution in [-0.2, 0) is 11.2 Å². The summed E-state index contributed by atoms with van der Waals surface area (Å²) in [5.41, 5.74) is 3.68. The first-order valence-corrected chi connectivity index (χ1v) is 6.79. The van der Waals surface area contributed by atoms with Crippen molar-refractivity contribution in [3.8, 4) is 0 Å². The third kappa shape index (κ3) is 2.18. The van der Waals surface area contributed by atoms with Gasteiger partial charge >= 0.3 is 0 Å². The molecule has 1 amide bonds. The number of carbonyl (C=O) groups excluding carboxylic acids is 1. The third-order valence-electron chi connectivity index (χ3n) is 3.64. The average Bonchev–Trinajstić information content (AvgIpc) is 2.74. The van der Waals surface area contributed by atoms with Crippen molar-refractivity contribution in [3.63, 3.8) is 0 Å². The maximum absolute atomic E-state index is 12.9. The van der Waals surface area contributed by atoms with Crippen LogP contribution in [0.4, 0.5) is 10.1 Å². The van der Waals surface area contributed by atoms with Gasteiger partial charge in [0, 0.05) is 12.7 Å². The highest BCUT2D eigenvalue weighted by Gasteiger charge is 2.25. The first-order valence-electron chi connectivity index (χ1n) is 6.35. The maximum Gasteiger partial charge on any atom is 0.231 e. The summed E-state index contributed by atoms with van der Waals surface area (Å²) in [5.74, 6) is -0.191. The average molecular weight is 290 g/mol. The van der Waals surface area contributed by atoms with Gasteiger partial charge in [0.2, 0.25) is 5.91 Å². The standard InChI is InChI=1S/C16H13ClFNO/c1-19-14-7-4-11(8-12(14)9-15(19)20)16(17)10-2-5-13(18)6-3-10/h2-8,16H,9H2,1H3. The molecule has 1 aliphatic rings.